The summed E-state index contributed by atoms with van der Waals surface area (Å²) in [5.74, 6) is 2.41. The highest BCUT2D eigenvalue weighted by Crippen LogP contribution is 2.52. The van der Waals surface area contributed by atoms with E-state index in [4.69, 9.17) is 10.5 Å². The molecule has 2 saturated carbocycles. The fraction of sp³-hybridized carbons (Fsp3) is 0.333. The lowest BCUT2D eigenvalue weighted by molar-refractivity contribution is 0.183. The van der Waals surface area contributed by atoms with Gasteiger partial charge in [0.1, 0.15) is 6.10 Å². The number of anilines is 1. The van der Waals surface area contributed by atoms with Crippen LogP contribution in [-0.4, -0.2) is 30.9 Å². The molecule has 0 aliphatic heterocycles. The summed E-state index contributed by atoms with van der Waals surface area (Å²) in [6.45, 7) is 0. The van der Waals surface area contributed by atoms with Crippen LogP contribution in [0.25, 0.3) is 15.9 Å². The molecule has 136 valence electrons. The van der Waals surface area contributed by atoms with E-state index < -0.39 is 0 Å². The van der Waals surface area contributed by atoms with Gasteiger partial charge in [0.15, 0.2) is 10.8 Å². The van der Waals surface area contributed by atoms with Gasteiger partial charge < -0.3 is 10.5 Å². The van der Waals surface area contributed by atoms with Crippen molar-refractivity contribution in [3.63, 3.8) is 0 Å². The predicted octanol–water partition coefficient (Wildman–Crippen LogP) is 3.64. The highest BCUT2D eigenvalue weighted by molar-refractivity contribution is 7.99. The summed E-state index contributed by atoms with van der Waals surface area (Å²) < 4.78 is 8.91. The molecule has 9 heteroatoms. The maximum absolute atomic E-state index is 6.10. The first kappa shape index (κ1) is 15.6. The highest BCUT2D eigenvalue weighted by atomic mass is 32.2. The van der Waals surface area contributed by atoms with E-state index in [2.05, 4.69) is 26.3 Å². The van der Waals surface area contributed by atoms with Crippen molar-refractivity contribution in [3.8, 4) is 5.88 Å². The van der Waals surface area contributed by atoms with E-state index in [1.165, 1.54) is 29.5 Å². The molecule has 6 rings (SSSR count). The van der Waals surface area contributed by atoms with Crippen LogP contribution < -0.4 is 10.5 Å². The van der Waals surface area contributed by atoms with Crippen molar-refractivity contribution in [1.29, 1.82) is 0 Å². The van der Waals surface area contributed by atoms with Gasteiger partial charge in [-0.15, -0.1) is 15.3 Å². The molecular weight excluding hydrogens is 380 g/mol. The fourth-order valence-corrected chi connectivity index (χ4v) is 5.57. The van der Waals surface area contributed by atoms with Gasteiger partial charge >= 0.3 is 0 Å². The number of hydrogen-bond donors (Lipinski definition) is 1. The van der Waals surface area contributed by atoms with Crippen LogP contribution in [0.1, 0.15) is 19.3 Å². The second-order valence-corrected chi connectivity index (χ2v) is 9.28. The third-order valence-corrected chi connectivity index (χ3v) is 7.06. The molecule has 2 N–H and O–H groups in total. The summed E-state index contributed by atoms with van der Waals surface area (Å²) in [6.07, 6.45) is 4.00. The van der Waals surface area contributed by atoms with Crippen molar-refractivity contribution >= 4 is 44.1 Å². The lowest BCUT2D eigenvalue weighted by Gasteiger charge is -2.13. The smallest absolute Gasteiger partial charge is 0.232 e. The molecule has 4 aromatic rings. The van der Waals surface area contributed by atoms with Crippen molar-refractivity contribution in [1.82, 2.24) is 24.8 Å². The first-order chi connectivity index (χ1) is 13.2. The number of ether oxygens (including phenoxy) is 1. The SMILES string of the molecule is Nc1nc2ccc(Sc3nnc4ccc(OC5CC6CC6C5)nn34)cc2s1. The average Bonchev–Trinajstić information content (AvgIpc) is 2.97. The van der Waals surface area contributed by atoms with Gasteiger partial charge in [-0.05, 0) is 67.1 Å². The van der Waals surface area contributed by atoms with Crippen molar-refractivity contribution in [2.24, 2.45) is 11.8 Å². The molecule has 3 heterocycles. The summed E-state index contributed by atoms with van der Waals surface area (Å²) in [6, 6.07) is 9.84. The Hall–Kier alpha value is -2.39. The third-order valence-electron chi connectivity index (χ3n) is 5.28. The minimum absolute atomic E-state index is 0.297. The Morgan fingerprint density at radius 2 is 2.00 bits per heavy atom. The first-order valence-electron chi connectivity index (χ1n) is 8.94. The van der Waals surface area contributed by atoms with Crippen molar-refractivity contribution in [3.05, 3.63) is 30.3 Å². The molecule has 0 amide bonds. The maximum atomic E-state index is 6.10. The van der Waals surface area contributed by atoms with Crippen LogP contribution in [0.4, 0.5) is 5.13 Å². The number of thiazole rings is 1. The van der Waals surface area contributed by atoms with E-state index >= 15 is 0 Å². The molecule has 2 aliphatic rings. The number of rotatable bonds is 4. The number of aromatic nitrogens is 5. The third kappa shape index (κ3) is 2.81. The molecule has 0 radical (unpaired) electrons. The largest absolute Gasteiger partial charge is 0.473 e. The van der Waals surface area contributed by atoms with Crippen molar-refractivity contribution < 1.29 is 4.74 Å². The summed E-state index contributed by atoms with van der Waals surface area (Å²) in [4.78, 5) is 5.34. The van der Waals surface area contributed by atoms with E-state index in [1.807, 2.05) is 24.3 Å². The van der Waals surface area contributed by atoms with Crippen LogP contribution in [0, 0.1) is 11.8 Å². The molecule has 2 unspecified atom stereocenters. The van der Waals surface area contributed by atoms with Gasteiger partial charge in [0.05, 0.1) is 10.2 Å². The van der Waals surface area contributed by atoms with E-state index in [9.17, 15) is 0 Å². The summed E-state index contributed by atoms with van der Waals surface area (Å²) in [5.41, 5.74) is 7.42. The molecule has 3 aromatic heterocycles. The first-order valence-corrected chi connectivity index (χ1v) is 10.6. The zero-order valence-corrected chi connectivity index (χ0v) is 15.9. The summed E-state index contributed by atoms with van der Waals surface area (Å²) in [5, 5.41) is 14.4. The number of benzene rings is 1. The standard InChI is InChI=1S/C18H16N6OS2/c19-17-20-13-2-1-12(8-14(13)27-17)26-18-22-21-15-3-4-16(23-24(15)18)25-11-6-9-5-10(9)7-11/h1-4,8-11H,5-7H2,(H2,19,20). The topological polar surface area (TPSA) is 91.2 Å². The summed E-state index contributed by atoms with van der Waals surface area (Å²) in [7, 11) is 0. The zero-order valence-electron chi connectivity index (χ0n) is 14.3. The Morgan fingerprint density at radius 3 is 2.89 bits per heavy atom. The lowest BCUT2D eigenvalue weighted by Crippen LogP contribution is -2.15. The second-order valence-electron chi connectivity index (χ2n) is 7.17. The van der Waals surface area contributed by atoms with Crippen LogP contribution in [0.3, 0.4) is 0 Å². The molecule has 2 fully saturated rings. The predicted molar refractivity (Wildman–Crippen MR) is 104 cm³/mol. The zero-order chi connectivity index (χ0) is 18.0. The highest BCUT2D eigenvalue weighted by Gasteiger charge is 2.46. The number of nitrogens with zero attached hydrogens (tertiary/aromatic N) is 5. The quantitative estimate of drug-likeness (QED) is 0.563. The minimum Gasteiger partial charge on any atom is -0.473 e. The fourth-order valence-electron chi connectivity index (χ4n) is 3.90. The Balaban J connectivity index is 1.28. The van der Waals surface area contributed by atoms with E-state index in [0.717, 1.165) is 39.8 Å². The number of hydrogen-bond acceptors (Lipinski definition) is 8. The Morgan fingerprint density at radius 1 is 1.11 bits per heavy atom. The number of nitrogens with two attached hydrogens (primary N) is 1. The monoisotopic (exact) mass is 396 g/mol. The molecule has 7 nitrogen and oxygen atoms in total. The maximum Gasteiger partial charge on any atom is 0.232 e. The van der Waals surface area contributed by atoms with Gasteiger partial charge in [0.25, 0.3) is 0 Å². The van der Waals surface area contributed by atoms with E-state index in [1.54, 1.807) is 4.52 Å². The van der Waals surface area contributed by atoms with Crippen molar-refractivity contribution in [2.45, 2.75) is 35.4 Å². The Labute approximate surface area is 162 Å². The molecule has 0 spiro atoms. The minimum atomic E-state index is 0.297. The van der Waals surface area contributed by atoms with Gasteiger partial charge in [0.2, 0.25) is 11.0 Å². The second kappa shape index (κ2) is 5.80. The normalized spacial score (nSPS) is 23.8. The van der Waals surface area contributed by atoms with E-state index in [0.29, 0.717) is 27.9 Å². The van der Waals surface area contributed by atoms with E-state index in [-0.39, 0.29) is 0 Å². The van der Waals surface area contributed by atoms with Crippen molar-refractivity contribution in [2.75, 3.05) is 5.73 Å². The molecular formula is C18H16N6OS2. The molecule has 2 atom stereocenters. The summed E-state index contributed by atoms with van der Waals surface area (Å²) >= 11 is 3.00. The number of nitrogen functional groups attached to an aromatic ring is 1. The number of fused-ring (bicyclic) bond motifs is 3. The molecule has 0 saturated heterocycles. The Bertz CT molecular complexity index is 1160. The molecule has 0 bridgehead atoms. The van der Waals surface area contributed by atoms with Crippen LogP contribution in [0.2, 0.25) is 0 Å². The van der Waals surface area contributed by atoms with Crippen LogP contribution in [0.5, 0.6) is 5.88 Å². The van der Waals surface area contributed by atoms with Crippen LogP contribution in [0.15, 0.2) is 40.4 Å². The van der Waals surface area contributed by atoms with Gasteiger partial charge in [-0.2, -0.15) is 4.52 Å². The Kier molecular flexibility index (Phi) is 3.36. The van der Waals surface area contributed by atoms with Gasteiger partial charge in [-0.1, -0.05) is 11.3 Å². The molecule has 27 heavy (non-hydrogen) atoms. The lowest BCUT2D eigenvalue weighted by atomic mass is 10.2. The van der Waals surface area contributed by atoms with Gasteiger partial charge in [-0.3, -0.25) is 0 Å². The molecule has 2 aliphatic carbocycles. The average molecular weight is 397 g/mol. The molecule has 1 aromatic carbocycles. The van der Waals surface area contributed by atoms with Gasteiger partial charge in [-0.25, -0.2) is 4.98 Å². The van der Waals surface area contributed by atoms with Gasteiger partial charge in [0, 0.05) is 11.0 Å². The van der Waals surface area contributed by atoms with Crippen LogP contribution >= 0.6 is 23.1 Å². The van der Waals surface area contributed by atoms with Crippen LogP contribution in [-0.2, 0) is 0 Å².